The second kappa shape index (κ2) is 8.60. The number of carbonyl (C=O) groups excluding carboxylic acids is 1. The summed E-state index contributed by atoms with van der Waals surface area (Å²) in [6.45, 7) is 3.95. The maximum Gasteiger partial charge on any atom is 0.221 e. The zero-order valence-electron chi connectivity index (χ0n) is 12.7. The Kier molecular flexibility index (Phi) is 6.76. The Bertz CT molecular complexity index is 287. The molecule has 5 nitrogen and oxygen atoms in total. The maximum atomic E-state index is 11.8. The second-order valence-corrected chi connectivity index (χ2v) is 6.05. The van der Waals surface area contributed by atoms with Gasteiger partial charge in [0.15, 0.2) is 0 Å². The summed E-state index contributed by atoms with van der Waals surface area (Å²) in [5.41, 5.74) is 0. The van der Waals surface area contributed by atoms with E-state index >= 15 is 0 Å². The van der Waals surface area contributed by atoms with E-state index in [9.17, 15) is 4.79 Å². The second-order valence-electron chi connectivity index (χ2n) is 6.05. The fraction of sp³-hybridized carbons (Fsp3) is 0.933. The summed E-state index contributed by atoms with van der Waals surface area (Å²) in [5.74, 6) is 0.130. The molecule has 0 aromatic rings. The first kappa shape index (κ1) is 15.7. The van der Waals surface area contributed by atoms with Gasteiger partial charge in [-0.15, -0.1) is 0 Å². The topological polar surface area (TPSA) is 53.6 Å². The van der Waals surface area contributed by atoms with E-state index in [2.05, 4.69) is 22.6 Å². The predicted octanol–water partition coefficient (Wildman–Crippen LogP) is 0.746. The molecule has 0 spiro atoms. The molecule has 0 aromatic carbocycles. The Morgan fingerprint density at radius 1 is 1.35 bits per heavy atom. The van der Waals surface area contributed by atoms with Gasteiger partial charge in [0.05, 0.1) is 13.2 Å². The minimum Gasteiger partial charge on any atom is -0.378 e. The van der Waals surface area contributed by atoms with E-state index in [1.165, 1.54) is 32.1 Å². The molecule has 1 saturated heterocycles. The number of ether oxygens (including phenoxy) is 1. The minimum absolute atomic E-state index is 0.130. The van der Waals surface area contributed by atoms with Crippen molar-refractivity contribution in [3.05, 3.63) is 0 Å². The van der Waals surface area contributed by atoms with Crippen LogP contribution >= 0.6 is 0 Å². The third-order valence-corrected chi connectivity index (χ3v) is 4.41. The highest BCUT2D eigenvalue weighted by Gasteiger charge is 2.19. The summed E-state index contributed by atoms with van der Waals surface area (Å²) in [6.07, 6.45) is 7.25. The third kappa shape index (κ3) is 5.38. The number of hydrogen-bond donors (Lipinski definition) is 2. The van der Waals surface area contributed by atoms with Gasteiger partial charge >= 0.3 is 0 Å². The Morgan fingerprint density at radius 2 is 2.15 bits per heavy atom. The van der Waals surface area contributed by atoms with E-state index in [0.29, 0.717) is 19.1 Å². The molecule has 2 aliphatic rings. The summed E-state index contributed by atoms with van der Waals surface area (Å²) in [4.78, 5) is 14.2. The number of nitrogens with zero attached hydrogens (tertiary/aromatic N) is 1. The molecule has 1 unspecified atom stereocenters. The Hall–Kier alpha value is -0.650. The minimum atomic E-state index is 0.130. The molecule has 0 bridgehead atoms. The molecule has 0 aromatic heterocycles. The van der Waals surface area contributed by atoms with Crippen LogP contribution in [0.1, 0.15) is 38.5 Å². The van der Waals surface area contributed by atoms with Crippen LogP contribution in [0.2, 0.25) is 0 Å². The largest absolute Gasteiger partial charge is 0.378 e. The van der Waals surface area contributed by atoms with E-state index in [4.69, 9.17) is 4.74 Å². The molecule has 116 valence electrons. The van der Waals surface area contributed by atoms with Crippen molar-refractivity contribution in [2.24, 2.45) is 0 Å². The fourth-order valence-corrected chi connectivity index (χ4v) is 3.12. The predicted molar refractivity (Wildman–Crippen MR) is 79.7 cm³/mol. The van der Waals surface area contributed by atoms with Crippen LogP contribution in [-0.4, -0.2) is 62.8 Å². The molecule has 20 heavy (non-hydrogen) atoms. The lowest BCUT2D eigenvalue weighted by molar-refractivity contribution is -0.122. The van der Waals surface area contributed by atoms with E-state index in [0.717, 1.165) is 26.2 Å². The van der Waals surface area contributed by atoms with Gasteiger partial charge in [-0.05, 0) is 19.9 Å². The van der Waals surface area contributed by atoms with Crippen molar-refractivity contribution >= 4 is 5.91 Å². The summed E-state index contributed by atoms with van der Waals surface area (Å²) in [6, 6.07) is 0.897. The molecule has 1 aliphatic carbocycles. The van der Waals surface area contributed by atoms with Gasteiger partial charge in [-0.2, -0.15) is 0 Å². The maximum absolute atomic E-state index is 11.8. The van der Waals surface area contributed by atoms with Gasteiger partial charge < -0.3 is 20.3 Å². The molecule has 1 heterocycles. The number of nitrogens with one attached hydrogen (secondary N) is 2. The van der Waals surface area contributed by atoms with E-state index in [1.54, 1.807) is 0 Å². The van der Waals surface area contributed by atoms with Crippen molar-refractivity contribution in [2.75, 3.05) is 39.9 Å². The molecule has 1 saturated carbocycles. The van der Waals surface area contributed by atoms with Crippen LogP contribution in [0.15, 0.2) is 0 Å². The Morgan fingerprint density at radius 3 is 2.85 bits per heavy atom. The summed E-state index contributed by atoms with van der Waals surface area (Å²) in [7, 11) is 2.18. The molecule has 1 amide bonds. The average Bonchev–Trinajstić information content (AvgIpc) is 2.49. The molecule has 0 radical (unpaired) electrons. The van der Waals surface area contributed by atoms with Gasteiger partial charge in [-0.3, -0.25) is 4.79 Å². The molecule has 2 rings (SSSR count). The fourth-order valence-electron chi connectivity index (χ4n) is 3.12. The average molecular weight is 283 g/mol. The van der Waals surface area contributed by atoms with Crippen molar-refractivity contribution in [3.63, 3.8) is 0 Å². The van der Waals surface area contributed by atoms with Crippen molar-refractivity contribution in [1.29, 1.82) is 0 Å². The van der Waals surface area contributed by atoms with E-state index in [-0.39, 0.29) is 11.9 Å². The first-order valence-electron chi connectivity index (χ1n) is 8.04. The quantitative estimate of drug-likeness (QED) is 0.755. The molecule has 2 N–H and O–H groups in total. The van der Waals surface area contributed by atoms with E-state index < -0.39 is 0 Å². The SMILES string of the molecule is CN(CCNC(=O)CC1COCCN1)C1CCCCC1. The number of carbonyl (C=O) groups is 1. The normalized spacial score (nSPS) is 24.8. The highest BCUT2D eigenvalue weighted by atomic mass is 16.5. The van der Waals surface area contributed by atoms with Crippen molar-refractivity contribution in [1.82, 2.24) is 15.5 Å². The number of morpholine rings is 1. The van der Waals surface area contributed by atoms with Crippen LogP contribution in [0.4, 0.5) is 0 Å². The van der Waals surface area contributed by atoms with Crippen LogP contribution in [0.25, 0.3) is 0 Å². The lowest BCUT2D eigenvalue weighted by atomic mass is 9.94. The lowest BCUT2D eigenvalue weighted by Gasteiger charge is -2.31. The van der Waals surface area contributed by atoms with Crippen molar-refractivity contribution < 1.29 is 9.53 Å². The zero-order chi connectivity index (χ0) is 14.2. The zero-order valence-corrected chi connectivity index (χ0v) is 12.7. The molecule has 1 aliphatic heterocycles. The monoisotopic (exact) mass is 283 g/mol. The number of amides is 1. The smallest absolute Gasteiger partial charge is 0.221 e. The summed E-state index contributed by atoms with van der Waals surface area (Å²) < 4.78 is 5.35. The highest BCUT2D eigenvalue weighted by Crippen LogP contribution is 2.21. The number of hydrogen-bond acceptors (Lipinski definition) is 4. The Balaban J connectivity index is 1.56. The Labute approximate surface area is 122 Å². The van der Waals surface area contributed by atoms with Gasteiger partial charge in [0.2, 0.25) is 5.91 Å². The van der Waals surface area contributed by atoms with Gasteiger partial charge in [0.1, 0.15) is 0 Å². The van der Waals surface area contributed by atoms with Crippen molar-refractivity contribution in [3.8, 4) is 0 Å². The van der Waals surface area contributed by atoms with Crippen LogP contribution in [0.5, 0.6) is 0 Å². The molecule has 5 heteroatoms. The van der Waals surface area contributed by atoms with Crippen LogP contribution in [0, 0.1) is 0 Å². The lowest BCUT2D eigenvalue weighted by Crippen LogP contribution is -2.45. The number of rotatable bonds is 6. The standard InChI is InChI=1S/C15H29N3O2/c1-18(14-5-3-2-4-6-14)9-7-17-15(19)11-13-12-20-10-8-16-13/h13-14,16H,2-12H2,1H3,(H,17,19). The van der Waals surface area contributed by atoms with Gasteiger partial charge in [-0.1, -0.05) is 19.3 Å². The molecular formula is C15H29N3O2. The highest BCUT2D eigenvalue weighted by molar-refractivity contribution is 5.76. The van der Waals surface area contributed by atoms with Gasteiger partial charge in [0, 0.05) is 38.1 Å². The molecule has 2 fully saturated rings. The first-order valence-corrected chi connectivity index (χ1v) is 8.04. The molecular weight excluding hydrogens is 254 g/mol. The van der Waals surface area contributed by atoms with Gasteiger partial charge in [0.25, 0.3) is 0 Å². The van der Waals surface area contributed by atoms with E-state index in [1.807, 2.05) is 0 Å². The van der Waals surface area contributed by atoms with Gasteiger partial charge in [-0.25, -0.2) is 0 Å². The first-order chi connectivity index (χ1) is 9.75. The third-order valence-electron chi connectivity index (χ3n) is 4.41. The summed E-state index contributed by atoms with van der Waals surface area (Å²) in [5, 5.41) is 6.33. The molecule has 1 atom stereocenters. The van der Waals surface area contributed by atoms with Crippen LogP contribution in [-0.2, 0) is 9.53 Å². The number of likely N-dealkylation sites (N-methyl/N-ethyl adjacent to an activating group) is 1. The van der Waals surface area contributed by atoms with Crippen molar-refractivity contribution in [2.45, 2.75) is 50.6 Å². The van der Waals surface area contributed by atoms with Crippen LogP contribution in [0.3, 0.4) is 0 Å². The van der Waals surface area contributed by atoms with Crippen LogP contribution < -0.4 is 10.6 Å². The summed E-state index contributed by atoms with van der Waals surface area (Å²) >= 11 is 0.